The van der Waals surface area contributed by atoms with Crippen LogP contribution in [-0.4, -0.2) is 49.1 Å². The highest BCUT2D eigenvalue weighted by Gasteiger charge is 2.29. The number of nitrogens with zero attached hydrogens (tertiary/aromatic N) is 1. The lowest BCUT2D eigenvalue weighted by atomic mass is 10.0. The van der Waals surface area contributed by atoms with Crippen molar-refractivity contribution in [1.29, 1.82) is 0 Å². The second-order valence-electron chi connectivity index (χ2n) is 4.35. The third kappa shape index (κ3) is 3.48. The summed E-state index contributed by atoms with van der Waals surface area (Å²) in [7, 11) is 1.33. The minimum Gasteiger partial charge on any atom is -0.468 e. The summed E-state index contributed by atoms with van der Waals surface area (Å²) in [6.07, 6.45) is 1.77. The number of hydrogen-bond donors (Lipinski definition) is 1. The summed E-state index contributed by atoms with van der Waals surface area (Å²) in [5.74, 6) is -0.358. The fraction of sp³-hybridized carbons (Fsp3) is 0.818. The summed E-state index contributed by atoms with van der Waals surface area (Å²) < 4.78 is 4.56. The number of likely N-dealkylation sites (tertiary alicyclic amines) is 1. The molecule has 92 valence electrons. The minimum absolute atomic E-state index is 0.00495. The van der Waals surface area contributed by atoms with E-state index in [9.17, 15) is 9.59 Å². The smallest absolute Gasteiger partial charge is 0.325 e. The van der Waals surface area contributed by atoms with Gasteiger partial charge in [0.15, 0.2) is 0 Å². The average molecular weight is 228 g/mol. The number of amides is 1. The molecule has 0 aliphatic carbocycles. The van der Waals surface area contributed by atoms with E-state index in [2.05, 4.69) is 10.1 Å². The highest BCUT2D eigenvalue weighted by atomic mass is 16.5. The van der Waals surface area contributed by atoms with Crippen LogP contribution in [0.5, 0.6) is 0 Å². The van der Waals surface area contributed by atoms with E-state index < -0.39 is 0 Å². The Morgan fingerprint density at radius 2 is 2.31 bits per heavy atom. The van der Waals surface area contributed by atoms with Crippen molar-refractivity contribution in [2.45, 2.75) is 38.8 Å². The molecule has 0 aromatic carbocycles. The summed E-state index contributed by atoms with van der Waals surface area (Å²) in [5.41, 5.74) is 0. The molecule has 0 aromatic heterocycles. The fourth-order valence-electron chi connectivity index (χ4n) is 1.87. The van der Waals surface area contributed by atoms with Crippen LogP contribution in [-0.2, 0) is 14.3 Å². The molecule has 1 fully saturated rings. The number of carbonyl (C=O) groups is 2. The van der Waals surface area contributed by atoms with Crippen molar-refractivity contribution in [3.05, 3.63) is 0 Å². The Kier molecular flexibility index (Phi) is 4.73. The van der Waals surface area contributed by atoms with Crippen LogP contribution in [0.25, 0.3) is 0 Å². The van der Waals surface area contributed by atoms with Crippen LogP contribution in [0.15, 0.2) is 0 Å². The highest BCUT2D eigenvalue weighted by Crippen LogP contribution is 2.12. The van der Waals surface area contributed by atoms with Crippen molar-refractivity contribution in [3.8, 4) is 0 Å². The van der Waals surface area contributed by atoms with Crippen LogP contribution < -0.4 is 5.32 Å². The van der Waals surface area contributed by atoms with Gasteiger partial charge in [-0.25, -0.2) is 0 Å². The standard InChI is InChI=1S/C11H20N2O3/c1-8(2)12-9-5-4-6-13(11(9)15)7-10(14)16-3/h8-9,12H,4-7H2,1-3H3. The van der Waals surface area contributed by atoms with E-state index in [1.807, 2.05) is 13.8 Å². The normalized spacial score (nSPS) is 21.4. The van der Waals surface area contributed by atoms with Crippen molar-refractivity contribution < 1.29 is 14.3 Å². The predicted molar refractivity (Wildman–Crippen MR) is 59.9 cm³/mol. The maximum atomic E-state index is 12.0. The topological polar surface area (TPSA) is 58.6 Å². The lowest BCUT2D eigenvalue weighted by Gasteiger charge is -2.32. The Balaban J connectivity index is 2.53. The number of carbonyl (C=O) groups excluding carboxylic acids is 2. The number of piperidine rings is 1. The van der Waals surface area contributed by atoms with Crippen molar-refractivity contribution in [2.75, 3.05) is 20.2 Å². The van der Waals surface area contributed by atoms with E-state index in [4.69, 9.17) is 0 Å². The van der Waals surface area contributed by atoms with Gasteiger partial charge in [0.1, 0.15) is 6.54 Å². The Morgan fingerprint density at radius 3 is 2.88 bits per heavy atom. The number of esters is 1. The fourth-order valence-corrected chi connectivity index (χ4v) is 1.87. The van der Waals surface area contributed by atoms with Gasteiger partial charge in [-0.1, -0.05) is 13.8 Å². The van der Waals surface area contributed by atoms with E-state index in [-0.39, 0.29) is 30.5 Å². The van der Waals surface area contributed by atoms with Gasteiger partial charge >= 0.3 is 5.97 Å². The van der Waals surface area contributed by atoms with Crippen LogP contribution in [0.3, 0.4) is 0 Å². The molecule has 0 bridgehead atoms. The number of hydrogen-bond acceptors (Lipinski definition) is 4. The van der Waals surface area contributed by atoms with Crippen molar-refractivity contribution >= 4 is 11.9 Å². The monoisotopic (exact) mass is 228 g/mol. The van der Waals surface area contributed by atoms with Gasteiger partial charge in [-0.15, -0.1) is 0 Å². The second-order valence-corrected chi connectivity index (χ2v) is 4.35. The van der Waals surface area contributed by atoms with E-state index in [1.54, 1.807) is 4.90 Å². The van der Waals surface area contributed by atoms with Gasteiger partial charge in [0.05, 0.1) is 13.2 Å². The average Bonchev–Trinajstić information content (AvgIpc) is 2.23. The predicted octanol–water partition coefficient (Wildman–Crippen LogP) is 0.148. The molecular weight excluding hydrogens is 208 g/mol. The van der Waals surface area contributed by atoms with Crippen LogP contribution >= 0.6 is 0 Å². The first kappa shape index (κ1) is 13.0. The molecule has 5 heteroatoms. The van der Waals surface area contributed by atoms with Crippen LogP contribution in [0.2, 0.25) is 0 Å². The zero-order valence-corrected chi connectivity index (χ0v) is 10.2. The van der Waals surface area contributed by atoms with E-state index >= 15 is 0 Å². The molecule has 5 nitrogen and oxygen atoms in total. The number of methoxy groups -OCH3 is 1. The quantitative estimate of drug-likeness (QED) is 0.696. The molecule has 1 aliphatic heterocycles. The van der Waals surface area contributed by atoms with Gasteiger partial charge in [0.2, 0.25) is 5.91 Å². The van der Waals surface area contributed by atoms with Crippen molar-refractivity contribution in [3.63, 3.8) is 0 Å². The lowest BCUT2D eigenvalue weighted by Crippen LogP contribution is -2.53. The number of ether oxygens (including phenoxy) is 1. The molecule has 1 aliphatic rings. The summed E-state index contributed by atoms with van der Waals surface area (Å²) in [6, 6.07) is 0.116. The summed E-state index contributed by atoms with van der Waals surface area (Å²) in [4.78, 5) is 24.7. The molecule has 0 saturated carbocycles. The number of rotatable bonds is 4. The first-order valence-electron chi connectivity index (χ1n) is 5.66. The van der Waals surface area contributed by atoms with E-state index in [0.29, 0.717) is 6.54 Å². The molecule has 1 amide bonds. The Morgan fingerprint density at radius 1 is 1.62 bits per heavy atom. The molecule has 0 spiro atoms. The molecule has 1 atom stereocenters. The largest absolute Gasteiger partial charge is 0.468 e. The maximum Gasteiger partial charge on any atom is 0.325 e. The molecule has 1 heterocycles. The first-order chi connectivity index (χ1) is 7.54. The zero-order chi connectivity index (χ0) is 12.1. The van der Waals surface area contributed by atoms with Crippen molar-refractivity contribution in [2.24, 2.45) is 0 Å². The van der Waals surface area contributed by atoms with Crippen LogP contribution in [0.4, 0.5) is 0 Å². The SMILES string of the molecule is COC(=O)CN1CCCC(NC(C)C)C1=O. The van der Waals surface area contributed by atoms with E-state index in [0.717, 1.165) is 12.8 Å². The Bertz CT molecular complexity index is 266. The maximum absolute atomic E-state index is 12.0. The van der Waals surface area contributed by atoms with Gasteiger partial charge in [0, 0.05) is 12.6 Å². The van der Waals surface area contributed by atoms with Gasteiger partial charge < -0.3 is 15.0 Å². The van der Waals surface area contributed by atoms with E-state index in [1.165, 1.54) is 7.11 Å². The second kappa shape index (κ2) is 5.84. The Hall–Kier alpha value is -1.10. The van der Waals surface area contributed by atoms with Crippen LogP contribution in [0, 0.1) is 0 Å². The van der Waals surface area contributed by atoms with Crippen molar-refractivity contribution in [1.82, 2.24) is 10.2 Å². The van der Waals surface area contributed by atoms with Gasteiger partial charge in [0.25, 0.3) is 0 Å². The van der Waals surface area contributed by atoms with Gasteiger partial charge in [-0.3, -0.25) is 9.59 Å². The molecule has 1 N–H and O–H groups in total. The summed E-state index contributed by atoms with van der Waals surface area (Å²) in [5, 5.41) is 3.21. The summed E-state index contributed by atoms with van der Waals surface area (Å²) >= 11 is 0. The molecule has 0 radical (unpaired) electrons. The minimum atomic E-state index is -0.362. The van der Waals surface area contributed by atoms with Gasteiger partial charge in [-0.05, 0) is 12.8 Å². The number of nitrogens with one attached hydrogen (secondary N) is 1. The molecular formula is C11H20N2O3. The molecule has 0 aromatic rings. The third-order valence-electron chi connectivity index (χ3n) is 2.61. The van der Waals surface area contributed by atoms with Crippen LogP contribution in [0.1, 0.15) is 26.7 Å². The molecule has 1 saturated heterocycles. The lowest BCUT2D eigenvalue weighted by molar-refractivity contribution is -0.149. The highest BCUT2D eigenvalue weighted by molar-refractivity contribution is 5.86. The third-order valence-corrected chi connectivity index (χ3v) is 2.61. The van der Waals surface area contributed by atoms with Gasteiger partial charge in [-0.2, -0.15) is 0 Å². The molecule has 16 heavy (non-hydrogen) atoms. The zero-order valence-electron chi connectivity index (χ0n) is 10.2. The Labute approximate surface area is 96.1 Å². The first-order valence-corrected chi connectivity index (χ1v) is 5.66. The molecule has 1 unspecified atom stereocenters. The molecule has 1 rings (SSSR count). The summed E-state index contributed by atoms with van der Waals surface area (Å²) in [6.45, 7) is 4.72.